The molecule has 0 aromatic heterocycles. The molecule has 1 heterocycles. The Balaban J connectivity index is 1.17. The van der Waals surface area contributed by atoms with Crippen molar-refractivity contribution in [1.82, 2.24) is 0 Å². The average molecular weight is 619 g/mol. The lowest BCUT2D eigenvalue weighted by atomic mass is 9.80. The summed E-state index contributed by atoms with van der Waals surface area (Å²) < 4.78 is 6.72. The minimum absolute atomic E-state index is 0.329. The summed E-state index contributed by atoms with van der Waals surface area (Å²) in [4.78, 5) is 0. The monoisotopic (exact) mass is 618 g/mol. The first-order chi connectivity index (χ1) is 23.6. The van der Waals surface area contributed by atoms with Gasteiger partial charge < -0.3 is 10.1 Å². The molecule has 0 amide bonds. The molecule has 0 saturated heterocycles. The van der Waals surface area contributed by atoms with Crippen LogP contribution in [-0.4, -0.2) is 0 Å². The van der Waals surface area contributed by atoms with Gasteiger partial charge in [-0.05, 0) is 80.8 Å². The van der Waals surface area contributed by atoms with Gasteiger partial charge in [-0.25, -0.2) is 0 Å². The van der Waals surface area contributed by atoms with Crippen LogP contribution in [0.25, 0.3) is 39.0 Å². The van der Waals surface area contributed by atoms with Gasteiger partial charge in [-0.1, -0.05) is 140 Å². The molecule has 0 radical (unpaired) electrons. The number of hydrogen-bond acceptors (Lipinski definition) is 3. The van der Waals surface area contributed by atoms with Crippen molar-refractivity contribution >= 4 is 11.3 Å². The molecule has 230 valence electrons. The number of ether oxygens (including phenoxy) is 1. The SMILES string of the molecule is CC1C=C(c2cc(-c3ccc(-c4ccccc4)cc3)cc3c2NC(c2cccc(-c4cccc(C#N)c4)c2)O3)C=CC1c1ccccc1. The van der Waals surface area contributed by atoms with Crippen molar-refractivity contribution < 1.29 is 4.74 Å². The zero-order valence-electron chi connectivity index (χ0n) is 26.7. The fraction of sp³-hybridized carbons (Fsp3) is 0.0889. The van der Waals surface area contributed by atoms with Gasteiger partial charge in [0.2, 0.25) is 0 Å². The lowest BCUT2D eigenvalue weighted by molar-refractivity contribution is 0.260. The number of rotatable bonds is 6. The lowest BCUT2D eigenvalue weighted by Crippen LogP contribution is -2.11. The van der Waals surface area contributed by atoms with E-state index in [0.717, 1.165) is 44.8 Å². The fourth-order valence-corrected chi connectivity index (χ4v) is 6.92. The Morgan fingerprint density at radius 2 is 1.23 bits per heavy atom. The summed E-state index contributed by atoms with van der Waals surface area (Å²) in [5.41, 5.74) is 13.0. The molecule has 1 aliphatic heterocycles. The highest BCUT2D eigenvalue weighted by atomic mass is 16.5. The summed E-state index contributed by atoms with van der Waals surface area (Å²) in [7, 11) is 0. The maximum atomic E-state index is 9.44. The largest absolute Gasteiger partial charge is 0.464 e. The number of nitrogens with zero attached hydrogens (tertiary/aromatic N) is 1. The molecule has 3 unspecified atom stereocenters. The summed E-state index contributed by atoms with van der Waals surface area (Å²) >= 11 is 0. The molecule has 0 spiro atoms. The third-order valence-electron chi connectivity index (χ3n) is 9.45. The van der Waals surface area contributed by atoms with Crippen molar-refractivity contribution in [3.63, 3.8) is 0 Å². The number of fused-ring (bicyclic) bond motifs is 1. The first kappa shape index (κ1) is 29.3. The van der Waals surface area contributed by atoms with Crippen LogP contribution in [0.3, 0.4) is 0 Å². The van der Waals surface area contributed by atoms with Crippen LogP contribution < -0.4 is 10.1 Å². The van der Waals surface area contributed by atoms with Crippen LogP contribution in [0.15, 0.2) is 164 Å². The van der Waals surface area contributed by atoms with E-state index in [1.54, 1.807) is 0 Å². The molecule has 6 aromatic rings. The van der Waals surface area contributed by atoms with Crippen LogP contribution in [0, 0.1) is 17.2 Å². The van der Waals surface area contributed by atoms with E-state index in [1.165, 1.54) is 22.3 Å². The second-order valence-corrected chi connectivity index (χ2v) is 12.6. The molecule has 3 nitrogen and oxygen atoms in total. The highest BCUT2D eigenvalue weighted by Crippen LogP contribution is 2.47. The summed E-state index contributed by atoms with van der Waals surface area (Å²) in [6.45, 7) is 2.30. The van der Waals surface area contributed by atoms with Crippen molar-refractivity contribution in [2.45, 2.75) is 19.1 Å². The third-order valence-corrected chi connectivity index (χ3v) is 9.45. The molecule has 2 aliphatic rings. The predicted molar refractivity (Wildman–Crippen MR) is 196 cm³/mol. The van der Waals surface area contributed by atoms with Crippen LogP contribution in [0.4, 0.5) is 5.69 Å². The van der Waals surface area contributed by atoms with Gasteiger partial charge in [-0.2, -0.15) is 5.26 Å². The zero-order chi connectivity index (χ0) is 32.5. The van der Waals surface area contributed by atoms with Gasteiger partial charge in [0.05, 0.1) is 17.3 Å². The van der Waals surface area contributed by atoms with Crippen LogP contribution in [0.2, 0.25) is 0 Å². The van der Waals surface area contributed by atoms with E-state index < -0.39 is 0 Å². The van der Waals surface area contributed by atoms with E-state index in [-0.39, 0.29) is 6.23 Å². The van der Waals surface area contributed by atoms with Gasteiger partial charge in [-0.3, -0.25) is 0 Å². The van der Waals surface area contributed by atoms with E-state index in [9.17, 15) is 5.26 Å². The second-order valence-electron chi connectivity index (χ2n) is 12.6. The molecule has 1 N–H and O–H groups in total. The molecule has 8 rings (SSSR count). The number of hydrogen-bond donors (Lipinski definition) is 1. The van der Waals surface area contributed by atoms with Gasteiger partial charge in [0.15, 0.2) is 6.23 Å². The average Bonchev–Trinajstić information content (AvgIpc) is 3.60. The summed E-state index contributed by atoms with van der Waals surface area (Å²) in [5.74, 6) is 1.50. The Hall–Kier alpha value is -6.11. The third kappa shape index (κ3) is 5.70. The van der Waals surface area contributed by atoms with Crippen molar-refractivity contribution in [2.75, 3.05) is 5.32 Å². The Bertz CT molecular complexity index is 2210. The molecular weight excluding hydrogens is 585 g/mol. The summed E-state index contributed by atoms with van der Waals surface area (Å²) in [6.07, 6.45) is 6.66. The quantitative estimate of drug-likeness (QED) is 0.202. The van der Waals surface area contributed by atoms with E-state index in [2.05, 4.69) is 152 Å². The normalized spacial score (nSPS) is 17.8. The van der Waals surface area contributed by atoms with Gasteiger partial charge in [0.25, 0.3) is 0 Å². The summed E-state index contributed by atoms with van der Waals surface area (Å²) in [5, 5.41) is 13.2. The Morgan fingerprint density at radius 3 is 1.96 bits per heavy atom. The fourth-order valence-electron chi connectivity index (χ4n) is 6.92. The zero-order valence-corrected chi connectivity index (χ0v) is 26.7. The predicted octanol–water partition coefficient (Wildman–Crippen LogP) is 11.4. The van der Waals surface area contributed by atoms with Gasteiger partial charge in [0, 0.05) is 17.0 Å². The Morgan fingerprint density at radius 1 is 0.604 bits per heavy atom. The number of anilines is 1. The van der Waals surface area contributed by atoms with E-state index >= 15 is 0 Å². The van der Waals surface area contributed by atoms with E-state index in [0.29, 0.717) is 17.4 Å². The smallest absolute Gasteiger partial charge is 0.196 e. The molecular formula is C45H34N2O. The first-order valence-electron chi connectivity index (χ1n) is 16.5. The molecule has 3 atom stereocenters. The van der Waals surface area contributed by atoms with Crippen molar-refractivity contribution in [2.24, 2.45) is 5.92 Å². The minimum atomic E-state index is -0.351. The van der Waals surface area contributed by atoms with Crippen LogP contribution in [-0.2, 0) is 0 Å². The van der Waals surface area contributed by atoms with E-state index in [1.807, 2.05) is 30.3 Å². The maximum absolute atomic E-state index is 9.44. The Kier molecular flexibility index (Phi) is 7.69. The lowest BCUT2D eigenvalue weighted by Gasteiger charge is -2.24. The molecule has 3 heteroatoms. The second kappa shape index (κ2) is 12.6. The molecule has 1 aliphatic carbocycles. The molecule has 0 saturated carbocycles. The molecule has 0 bridgehead atoms. The number of allylic oxidation sites excluding steroid dienone is 4. The summed E-state index contributed by atoms with van der Waals surface area (Å²) in [6, 6.07) is 52.8. The van der Waals surface area contributed by atoms with E-state index in [4.69, 9.17) is 4.74 Å². The van der Waals surface area contributed by atoms with Crippen LogP contribution in [0.5, 0.6) is 5.75 Å². The standard InChI is InChI=1S/C45H34N2O/c1-30-24-38(22-23-41(30)35-13-6-3-7-14-35)42-27-40(34-20-18-33(19-21-34)32-11-4-2-5-12-32)28-43-44(42)47-45(48-43)39-17-9-16-37(26-39)36-15-8-10-31(25-36)29-46/h2-28,30,41,45,47H,1H3. The molecule has 6 aromatic carbocycles. The van der Waals surface area contributed by atoms with Crippen LogP contribution in [0.1, 0.15) is 41.3 Å². The van der Waals surface area contributed by atoms with Gasteiger partial charge in [-0.15, -0.1) is 0 Å². The molecule has 0 fully saturated rings. The topological polar surface area (TPSA) is 45.0 Å². The van der Waals surface area contributed by atoms with Crippen molar-refractivity contribution in [3.8, 4) is 45.2 Å². The highest BCUT2D eigenvalue weighted by molar-refractivity contribution is 5.90. The maximum Gasteiger partial charge on any atom is 0.196 e. The molecule has 48 heavy (non-hydrogen) atoms. The minimum Gasteiger partial charge on any atom is -0.464 e. The highest BCUT2D eigenvalue weighted by Gasteiger charge is 2.29. The van der Waals surface area contributed by atoms with Gasteiger partial charge in [0.1, 0.15) is 5.75 Å². The number of nitrogens with one attached hydrogen (secondary N) is 1. The van der Waals surface area contributed by atoms with Crippen LogP contribution >= 0.6 is 0 Å². The number of benzene rings is 6. The first-order valence-corrected chi connectivity index (χ1v) is 16.5. The Labute approximate surface area is 282 Å². The van der Waals surface area contributed by atoms with Gasteiger partial charge >= 0.3 is 0 Å². The van der Waals surface area contributed by atoms with Crippen molar-refractivity contribution in [3.05, 3.63) is 186 Å². The van der Waals surface area contributed by atoms with Crippen molar-refractivity contribution in [1.29, 1.82) is 5.26 Å². The number of nitriles is 1.